The zero-order valence-corrected chi connectivity index (χ0v) is 9.57. The zero-order chi connectivity index (χ0) is 11.7. The molecule has 1 heterocycles. The summed E-state index contributed by atoms with van der Waals surface area (Å²) in [6, 6.07) is 5.52. The van der Waals surface area contributed by atoms with Crippen LogP contribution in [0.25, 0.3) is 10.9 Å². The van der Waals surface area contributed by atoms with Crippen molar-refractivity contribution in [1.29, 1.82) is 0 Å². The van der Waals surface area contributed by atoms with Crippen molar-refractivity contribution < 1.29 is 9.47 Å². The Morgan fingerprint density at radius 2 is 1.69 bits per heavy atom. The molecule has 0 atom stereocenters. The molecule has 3 nitrogen and oxygen atoms in total. The van der Waals surface area contributed by atoms with E-state index in [1.165, 1.54) is 0 Å². The molecule has 16 heavy (non-hydrogen) atoms. The van der Waals surface area contributed by atoms with Gasteiger partial charge in [-0.15, -0.1) is 0 Å². The number of ether oxygens (including phenoxy) is 2. The van der Waals surface area contributed by atoms with Gasteiger partial charge in [-0.3, -0.25) is 4.98 Å². The lowest BCUT2D eigenvalue weighted by atomic mass is 9.91. The number of fused-ring (bicyclic) bond motifs is 1. The Morgan fingerprint density at radius 3 is 2.31 bits per heavy atom. The van der Waals surface area contributed by atoms with Crippen LogP contribution in [0.1, 0.15) is 5.69 Å². The fourth-order valence-corrected chi connectivity index (χ4v) is 1.72. The number of hydrogen-bond donors (Lipinski definition) is 0. The molecule has 2 radical (unpaired) electrons. The Bertz CT molecular complexity index is 540. The van der Waals surface area contributed by atoms with Crippen LogP contribution in [-0.4, -0.2) is 27.0 Å². The molecule has 0 fully saturated rings. The number of aryl methyl sites for hydroxylation is 1. The van der Waals surface area contributed by atoms with Gasteiger partial charge in [0.05, 0.1) is 19.7 Å². The predicted octanol–water partition coefficient (Wildman–Crippen LogP) is 1.35. The molecule has 80 valence electrons. The number of aromatic nitrogens is 1. The summed E-state index contributed by atoms with van der Waals surface area (Å²) < 4.78 is 10.4. The molecule has 0 unspecified atom stereocenters. The number of nitrogens with zero attached hydrogens (tertiary/aromatic N) is 1. The van der Waals surface area contributed by atoms with Crippen molar-refractivity contribution in [1.82, 2.24) is 4.98 Å². The predicted molar refractivity (Wildman–Crippen MR) is 65.0 cm³/mol. The van der Waals surface area contributed by atoms with Gasteiger partial charge in [0.1, 0.15) is 7.85 Å². The van der Waals surface area contributed by atoms with Gasteiger partial charge in [0, 0.05) is 11.8 Å². The standard InChI is InChI=1S/C12H12BNO2/c1-7-4-9(13)8-5-11(15-2)12(16-3)6-10(8)14-7/h4-6H,1-3H3. The highest BCUT2D eigenvalue weighted by Crippen LogP contribution is 2.30. The van der Waals surface area contributed by atoms with Crippen LogP contribution < -0.4 is 14.9 Å². The number of benzene rings is 1. The Morgan fingerprint density at radius 1 is 1.06 bits per heavy atom. The maximum Gasteiger partial charge on any atom is 0.162 e. The van der Waals surface area contributed by atoms with Gasteiger partial charge in [-0.2, -0.15) is 0 Å². The van der Waals surface area contributed by atoms with Crippen molar-refractivity contribution in [3.05, 3.63) is 23.9 Å². The average molecular weight is 213 g/mol. The molecule has 0 aliphatic heterocycles. The normalized spacial score (nSPS) is 10.4. The van der Waals surface area contributed by atoms with Crippen molar-refractivity contribution in [2.24, 2.45) is 0 Å². The zero-order valence-electron chi connectivity index (χ0n) is 9.57. The lowest BCUT2D eigenvalue weighted by molar-refractivity contribution is 0.356. The van der Waals surface area contributed by atoms with E-state index in [-0.39, 0.29) is 0 Å². The summed E-state index contributed by atoms with van der Waals surface area (Å²) >= 11 is 0. The Balaban J connectivity index is 2.78. The molecule has 0 saturated heterocycles. The molecule has 0 spiro atoms. The molecule has 0 bridgehead atoms. The molecule has 4 heteroatoms. The maximum atomic E-state index is 5.94. The summed E-state index contributed by atoms with van der Waals surface area (Å²) in [5.74, 6) is 1.32. The third kappa shape index (κ3) is 1.71. The molecular formula is C12H12BNO2. The van der Waals surface area contributed by atoms with E-state index in [0.717, 1.165) is 16.6 Å². The largest absolute Gasteiger partial charge is 0.493 e. The second-order valence-corrected chi connectivity index (χ2v) is 3.58. The fraction of sp³-hybridized carbons (Fsp3) is 0.250. The molecule has 0 N–H and O–H groups in total. The maximum absolute atomic E-state index is 5.94. The van der Waals surface area contributed by atoms with Gasteiger partial charge in [-0.1, -0.05) is 5.46 Å². The minimum absolute atomic E-state index is 0.660. The van der Waals surface area contributed by atoms with Gasteiger partial charge in [-0.05, 0) is 24.4 Å². The van der Waals surface area contributed by atoms with Crippen LogP contribution in [0, 0.1) is 6.92 Å². The summed E-state index contributed by atoms with van der Waals surface area (Å²) in [4.78, 5) is 4.40. The van der Waals surface area contributed by atoms with E-state index in [1.807, 2.05) is 25.1 Å². The van der Waals surface area contributed by atoms with Gasteiger partial charge in [0.25, 0.3) is 0 Å². The number of methoxy groups -OCH3 is 2. The van der Waals surface area contributed by atoms with E-state index in [9.17, 15) is 0 Å². The summed E-state index contributed by atoms with van der Waals surface area (Å²) in [5, 5.41) is 0.878. The summed E-state index contributed by atoms with van der Waals surface area (Å²) in [6.45, 7) is 1.91. The molecule has 0 aliphatic carbocycles. The minimum atomic E-state index is 0.660. The first kappa shape index (κ1) is 10.8. The third-order valence-corrected chi connectivity index (χ3v) is 2.47. The molecule has 0 amide bonds. The van der Waals surface area contributed by atoms with Crippen molar-refractivity contribution >= 4 is 24.2 Å². The summed E-state index contributed by atoms with van der Waals surface area (Å²) in [5.41, 5.74) is 2.40. The SMILES string of the molecule is [B]c1cc(C)nc2cc(OC)c(OC)cc12. The Hall–Kier alpha value is -1.71. The molecule has 0 saturated carbocycles. The summed E-state index contributed by atoms with van der Waals surface area (Å²) in [7, 11) is 9.13. The topological polar surface area (TPSA) is 31.4 Å². The number of hydrogen-bond acceptors (Lipinski definition) is 3. The second-order valence-electron chi connectivity index (χ2n) is 3.58. The van der Waals surface area contributed by atoms with E-state index in [1.54, 1.807) is 14.2 Å². The number of pyridine rings is 1. The second kappa shape index (κ2) is 4.04. The van der Waals surface area contributed by atoms with E-state index < -0.39 is 0 Å². The van der Waals surface area contributed by atoms with Crippen LogP contribution in [0.4, 0.5) is 0 Å². The van der Waals surface area contributed by atoms with Crippen LogP contribution in [-0.2, 0) is 0 Å². The molecule has 1 aromatic heterocycles. The first-order valence-electron chi connectivity index (χ1n) is 4.94. The third-order valence-electron chi connectivity index (χ3n) is 2.47. The first-order chi connectivity index (χ1) is 7.65. The molecule has 2 aromatic rings. The van der Waals surface area contributed by atoms with E-state index >= 15 is 0 Å². The lowest BCUT2D eigenvalue weighted by Gasteiger charge is -2.10. The molecule has 2 rings (SSSR count). The van der Waals surface area contributed by atoms with Crippen LogP contribution >= 0.6 is 0 Å². The monoisotopic (exact) mass is 213 g/mol. The highest BCUT2D eigenvalue weighted by molar-refractivity contribution is 6.38. The summed E-state index contributed by atoms with van der Waals surface area (Å²) in [6.07, 6.45) is 0. The van der Waals surface area contributed by atoms with Crippen LogP contribution in [0.2, 0.25) is 0 Å². The quantitative estimate of drug-likeness (QED) is 0.705. The lowest BCUT2D eigenvalue weighted by Crippen LogP contribution is -2.07. The fourth-order valence-electron chi connectivity index (χ4n) is 1.72. The van der Waals surface area contributed by atoms with Crippen molar-refractivity contribution in [2.45, 2.75) is 6.92 Å². The van der Waals surface area contributed by atoms with Crippen molar-refractivity contribution in [3.63, 3.8) is 0 Å². The average Bonchev–Trinajstić information content (AvgIpc) is 2.27. The van der Waals surface area contributed by atoms with Crippen LogP contribution in [0.3, 0.4) is 0 Å². The van der Waals surface area contributed by atoms with Crippen molar-refractivity contribution in [3.8, 4) is 11.5 Å². The highest BCUT2D eigenvalue weighted by Gasteiger charge is 2.08. The van der Waals surface area contributed by atoms with Crippen LogP contribution in [0.5, 0.6) is 11.5 Å². The minimum Gasteiger partial charge on any atom is -0.493 e. The van der Waals surface area contributed by atoms with Gasteiger partial charge in [0.2, 0.25) is 0 Å². The van der Waals surface area contributed by atoms with E-state index in [0.29, 0.717) is 17.0 Å². The van der Waals surface area contributed by atoms with E-state index in [4.69, 9.17) is 17.3 Å². The van der Waals surface area contributed by atoms with Gasteiger partial charge < -0.3 is 9.47 Å². The Labute approximate surface area is 95.8 Å². The van der Waals surface area contributed by atoms with Gasteiger partial charge in [-0.25, -0.2) is 0 Å². The van der Waals surface area contributed by atoms with Crippen molar-refractivity contribution in [2.75, 3.05) is 14.2 Å². The number of rotatable bonds is 2. The highest BCUT2D eigenvalue weighted by atomic mass is 16.5. The van der Waals surface area contributed by atoms with Crippen LogP contribution in [0.15, 0.2) is 18.2 Å². The van der Waals surface area contributed by atoms with Gasteiger partial charge >= 0.3 is 0 Å². The molecule has 0 aliphatic rings. The smallest absolute Gasteiger partial charge is 0.162 e. The molecule has 1 aromatic carbocycles. The molecular weight excluding hydrogens is 201 g/mol. The van der Waals surface area contributed by atoms with E-state index in [2.05, 4.69) is 4.98 Å². The Kier molecular flexibility index (Phi) is 2.73. The first-order valence-corrected chi connectivity index (χ1v) is 4.94. The van der Waals surface area contributed by atoms with Gasteiger partial charge in [0.15, 0.2) is 11.5 Å².